The van der Waals surface area contributed by atoms with Crippen LogP contribution in [0.25, 0.3) is 0 Å². The molecule has 2 rings (SSSR count). The Morgan fingerprint density at radius 3 is 2.65 bits per heavy atom. The van der Waals surface area contributed by atoms with Crippen LogP contribution in [0.2, 0.25) is 5.02 Å². The molecule has 23 heavy (non-hydrogen) atoms. The van der Waals surface area contributed by atoms with Gasteiger partial charge in [0.05, 0.1) is 16.8 Å². The second-order valence-electron chi connectivity index (χ2n) is 4.66. The van der Waals surface area contributed by atoms with Crippen molar-refractivity contribution in [2.24, 2.45) is 12.1 Å². The van der Waals surface area contributed by atoms with Gasteiger partial charge in [-0.3, -0.25) is 5.43 Å². The Hall–Kier alpha value is -2.53. The van der Waals surface area contributed by atoms with Gasteiger partial charge in [0.15, 0.2) is 5.82 Å². The number of hydrogen-bond acceptors (Lipinski definition) is 4. The number of nitrogens with one attached hydrogen (secondary N) is 1. The van der Waals surface area contributed by atoms with Crippen molar-refractivity contribution in [1.29, 1.82) is 5.26 Å². The van der Waals surface area contributed by atoms with Crippen molar-refractivity contribution in [3.8, 4) is 6.07 Å². The van der Waals surface area contributed by atoms with Gasteiger partial charge >= 0.3 is 6.18 Å². The van der Waals surface area contributed by atoms with Crippen LogP contribution in [0.5, 0.6) is 0 Å². The molecule has 0 aromatic carbocycles. The first-order valence-corrected chi connectivity index (χ1v) is 6.70. The highest BCUT2D eigenvalue weighted by Crippen LogP contribution is 2.32. The van der Waals surface area contributed by atoms with Crippen molar-refractivity contribution in [3.63, 3.8) is 0 Å². The lowest BCUT2D eigenvalue weighted by molar-refractivity contribution is -0.137. The third kappa shape index (κ3) is 3.63. The van der Waals surface area contributed by atoms with Crippen molar-refractivity contribution >= 4 is 23.6 Å². The average Bonchev–Trinajstić information content (AvgIpc) is 2.75. The minimum atomic E-state index is -4.51. The molecule has 2 aromatic rings. The number of hydrogen-bond donors (Lipinski definition) is 1. The van der Waals surface area contributed by atoms with E-state index in [0.29, 0.717) is 17.5 Å². The van der Waals surface area contributed by atoms with E-state index in [4.69, 9.17) is 16.9 Å². The molecular weight excluding hydrogens is 331 g/mol. The van der Waals surface area contributed by atoms with E-state index in [1.807, 2.05) is 13.0 Å². The van der Waals surface area contributed by atoms with Crippen molar-refractivity contribution in [2.75, 3.05) is 5.43 Å². The van der Waals surface area contributed by atoms with E-state index in [9.17, 15) is 13.2 Å². The van der Waals surface area contributed by atoms with Crippen molar-refractivity contribution in [2.45, 2.75) is 13.1 Å². The smallest absolute Gasteiger partial charge is 0.339 e. The first-order valence-electron chi connectivity index (χ1n) is 6.32. The maximum absolute atomic E-state index is 12.5. The summed E-state index contributed by atoms with van der Waals surface area (Å²) in [5, 5.41) is 12.6. The fourth-order valence-electron chi connectivity index (χ4n) is 1.80. The van der Waals surface area contributed by atoms with Crippen LogP contribution in [-0.4, -0.2) is 15.8 Å². The zero-order chi connectivity index (χ0) is 17.2. The molecule has 5 nitrogen and oxygen atoms in total. The summed E-state index contributed by atoms with van der Waals surface area (Å²) >= 11 is 5.75. The number of alkyl halides is 3. The Morgan fingerprint density at radius 1 is 1.43 bits per heavy atom. The Kier molecular flexibility index (Phi) is 4.61. The SMILES string of the molecule is Cc1c(/C=N\Nc2ncc(C(F)(F)F)cc2Cl)cc(C#N)n1C. The van der Waals surface area contributed by atoms with Gasteiger partial charge in [0, 0.05) is 24.5 Å². The van der Waals surface area contributed by atoms with E-state index in [1.165, 1.54) is 6.21 Å². The third-order valence-corrected chi connectivity index (χ3v) is 3.52. The van der Waals surface area contributed by atoms with Crippen LogP contribution in [0.3, 0.4) is 0 Å². The van der Waals surface area contributed by atoms with E-state index in [0.717, 1.165) is 11.8 Å². The van der Waals surface area contributed by atoms with Gasteiger partial charge in [0.2, 0.25) is 0 Å². The van der Waals surface area contributed by atoms with Gasteiger partial charge in [0.25, 0.3) is 0 Å². The number of hydrazone groups is 1. The maximum atomic E-state index is 12.5. The number of nitrogens with zero attached hydrogens (tertiary/aromatic N) is 4. The van der Waals surface area contributed by atoms with Gasteiger partial charge in [-0.1, -0.05) is 11.6 Å². The van der Waals surface area contributed by atoms with E-state index in [1.54, 1.807) is 17.7 Å². The summed E-state index contributed by atoms with van der Waals surface area (Å²) in [7, 11) is 1.74. The highest BCUT2D eigenvalue weighted by molar-refractivity contribution is 6.32. The molecule has 0 unspecified atom stereocenters. The zero-order valence-electron chi connectivity index (χ0n) is 12.1. The van der Waals surface area contributed by atoms with Gasteiger partial charge in [-0.2, -0.15) is 23.5 Å². The molecule has 0 bridgehead atoms. The fourth-order valence-corrected chi connectivity index (χ4v) is 2.01. The molecule has 2 heterocycles. The van der Waals surface area contributed by atoms with Crippen molar-refractivity contribution < 1.29 is 13.2 Å². The van der Waals surface area contributed by atoms with E-state index in [2.05, 4.69) is 15.5 Å². The molecule has 0 fully saturated rings. The summed E-state index contributed by atoms with van der Waals surface area (Å²) in [6.45, 7) is 1.81. The molecule has 0 aliphatic carbocycles. The maximum Gasteiger partial charge on any atom is 0.417 e. The van der Waals surface area contributed by atoms with Gasteiger partial charge < -0.3 is 4.57 Å². The number of pyridine rings is 1. The zero-order valence-corrected chi connectivity index (χ0v) is 12.9. The van der Waals surface area contributed by atoms with Gasteiger partial charge in [0.1, 0.15) is 11.8 Å². The summed E-state index contributed by atoms with van der Waals surface area (Å²) in [6.07, 6.45) is -2.40. The van der Waals surface area contributed by atoms with Crippen LogP contribution in [-0.2, 0) is 13.2 Å². The molecule has 2 aromatic heterocycles. The number of aromatic nitrogens is 2. The van der Waals surface area contributed by atoms with Crippen molar-refractivity contribution in [3.05, 3.63) is 45.9 Å². The van der Waals surface area contributed by atoms with Crippen molar-refractivity contribution in [1.82, 2.24) is 9.55 Å². The highest BCUT2D eigenvalue weighted by atomic mass is 35.5. The predicted octanol–water partition coefficient (Wildman–Crippen LogP) is 3.72. The van der Waals surface area contributed by atoms with Crippen LogP contribution in [0.4, 0.5) is 19.0 Å². The lowest BCUT2D eigenvalue weighted by atomic mass is 10.2. The van der Waals surface area contributed by atoms with Crippen LogP contribution in [0.1, 0.15) is 22.5 Å². The third-order valence-electron chi connectivity index (χ3n) is 3.23. The Balaban J connectivity index is 2.17. The second kappa shape index (κ2) is 6.30. The first-order chi connectivity index (χ1) is 10.7. The quantitative estimate of drug-likeness (QED) is 0.683. The van der Waals surface area contributed by atoms with Gasteiger partial charge in [-0.05, 0) is 19.1 Å². The van der Waals surface area contributed by atoms with Crippen LogP contribution >= 0.6 is 11.6 Å². The molecule has 0 saturated carbocycles. The Labute approximate surface area is 135 Å². The summed E-state index contributed by atoms with van der Waals surface area (Å²) in [5.74, 6) is 0.00464. The largest absolute Gasteiger partial charge is 0.417 e. The topological polar surface area (TPSA) is 66.0 Å². The van der Waals surface area contributed by atoms with E-state index >= 15 is 0 Å². The molecule has 0 spiro atoms. The van der Waals surface area contributed by atoms with Gasteiger partial charge in [-0.15, -0.1) is 0 Å². The normalized spacial score (nSPS) is 11.7. The molecule has 0 saturated heterocycles. The minimum Gasteiger partial charge on any atom is -0.339 e. The summed E-state index contributed by atoms with van der Waals surface area (Å²) in [4.78, 5) is 3.60. The number of rotatable bonds is 3. The summed E-state index contributed by atoms with van der Waals surface area (Å²) in [5.41, 5.74) is 3.52. The second-order valence-corrected chi connectivity index (χ2v) is 5.07. The molecule has 120 valence electrons. The highest BCUT2D eigenvalue weighted by Gasteiger charge is 2.31. The van der Waals surface area contributed by atoms with Crippen LogP contribution in [0, 0.1) is 18.3 Å². The van der Waals surface area contributed by atoms with E-state index < -0.39 is 11.7 Å². The first kappa shape index (κ1) is 16.8. The monoisotopic (exact) mass is 341 g/mol. The van der Waals surface area contributed by atoms with Crippen LogP contribution in [0.15, 0.2) is 23.4 Å². The van der Waals surface area contributed by atoms with Crippen LogP contribution < -0.4 is 5.43 Å². The minimum absolute atomic E-state index is 0.00464. The Bertz CT molecular complexity index is 802. The number of nitriles is 1. The predicted molar refractivity (Wildman–Crippen MR) is 80.3 cm³/mol. The molecule has 0 radical (unpaired) electrons. The molecule has 0 aliphatic rings. The molecule has 0 aliphatic heterocycles. The van der Waals surface area contributed by atoms with Gasteiger partial charge in [-0.25, -0.2) is 4.98 Å². The lowest BCUT2D eigenvalue weighted by Crippen LogP contribution is -2.06. The summed E-state index contributed by atoms with van der Waals surface area (Å²) < 4.78 is 39.2. The Morgan fingerprint density at radius 2 is 2.13 bits per heavy atom. The fraction of sp³-hybridized carbons (Fsp3) is 0.214. The standard InChI is InChI=1S/C14H11ClF3N5/c1-8-9(3-11(5-19)23(8)2)6-21-22-13-12(15)4-10(7-20-13)14(16,17)18/h3-4,6-7H,1-2H3,(H,20,22)/b21-6-. The molecule has 0 atom stereocenters. The molecule has 0 amide bonds. The lowest BCUT2D eigenvalue weighted by Gasteiger charge is -2.08. The molecule has 1 N–H and O–H groups in total. The summed E-state index contributed by atoms with van der Waals surface area (Å²) in [6, 6.07) is 4.45. The van der Waals surface area contributed by atoms with E-state index in [-0.39, 0.29) is 10.8 Å². The molecular formula is C14H11ClF3N5. The molecule has 9 heteroatoms. The average molecular weight is 342 g/mol. The number of halogens is 4. The number of anilines is 1.